The number of hydrogen-bond donors (Lipinski definition) is 0. The lowest BCUT2D eigenvalue weighted by Gasteiger charge is -2.25. The number of aryl methyl sites for hydroxylation is 1. The van der Waals surface area contributed by atoms with Crippen LogP contribution in [0.1, 0.15) is 23.1 Å². The van der Waals surface area contributed by atoms with Gasteiger partial charge in [0, 0.05) is 26.2 Å². The summed E-state index contributed by atoms with van der Waals surface area (Å²) in [7, 11) is 0. The second kappa shape index (κ2) is 9.36. The molecule has 1 fully saturated rings. The number of amidine groups is 1. The van der Waals surface area contributed by atoms with Gasteiger partial charge in [0.25, 0.3) is 0 Å². The fourth-order valence-corrected chi connectivity index (χ4v) is 4.20. The number of rotatable bonds is 2. The van der Waals surface area contributed by atoms with Crippen molar-refractivity contribution in [1.82, 2.24) is 9.80 Å². The third-order valence-corrected chi connectivity index (χ3v) is 5.95. The van der Waals surface area contributed by atoms with Gasteiger partial charge in [0.15, 0.2) is 5.75 Å². The maximum absolute atomic E-state index is 12.7. The fourth-order valence-electron chi connectivity index (χ4n) is 4.20. The molecule has 6 nitrogen and oxygen atoms in total. The van der Waals surface area contributed by atoms with Crippen LogP contribution in [0, 0.1) is 6.92 Å². The molecular weight excluding hydrogens is 414 g/mol. The van der Waals surface area contributed by atoms with Crippen LogP contribution >= 0.6 is 0 Å². The molecule has 2 heterocycles. The van der Waals surface area contributed by atoms with Crippen LogP contribution in [-0.4, -0.2) is 47.9 Å². The summed E-state index contributed by atoms with van der Waals surface area (Å²) >= 11 is 0. The Bertz CT molecular complexity index is 1180. The minimum Gasteiger partial charge on any atom is -0.454 e. The number of carbonyl (C=O) groups is 1. The molecule has 0 N–H and O–H groups in total. The number of benzene rings is 3. The third-order valence-electron chi connectivity index (χ3n) is 5.95. The quantitative estimate of drug-likeness (QED) is 0.525. The van der Waals surface area contributed by atoms with Crippen LogP contribution in [0.2, 0.25) is 0 Å². The Balaban J connectivity index is 1.35. The first-order valence-electron chi connectivity index (χ1n) is 11.3. The van der Waals surface area contributed by atoms with E-state index in [9.17, 15) is 4.79 Å². The maximum Gasteiger partial charge on any atom is 0.410 e. The SMILES string of the molecule is Cc1ccc2c(c1)C(N1CCCN(C(=O)OCc3ccccc3)CC1)=Nc1ccccc1O2. The predicted octanol–water partition coefficient (Wildman–Crippen LogP) is 5.52. The molecule has 0 aliphatic carbocycles. The minimum atomic E-state index is -0.270. The number of carbonyl (C=O) groups excluding carboxylic acids is 1. The molecule has 0 unspecified atom stereocenters. The van der Waals surface area contributed by atoms with Crippen molar-refractivity contribution in [2.45, 2.75) is 20.0 Å². The summed E-state index contributed by atoms with van der Waals surface area (Å²) < 4.78 is 11.8. The average Bonchev–Trinajstić information content (AvgIpc) is 3.18. The molecule has 2 aliphatic rings. The second-order valence-corrected chi connectivity index (χ2v) is 8.37. The molecule has 2 aliphatic heterocycles. The van der Waals surface area contributed by atoms with E-state index in [4.69, 9.17) is 14.5 Å². The molecule has 0 bridgehead atoms. The zero-order valence-corrected chi connectivity index (χ0v) is 18.7. The largest absolute Gasteiger partial charge is 0.454 e. The molecule has 1 amide bonds. The summed E-state index contributed by atoms with van der Waals surface area (Å²) in [6.45, 7) is 5.07. The van der Waals surface area contributed by atoms with Gasteiger partial charge in [-0.05, 0) is 43.2 Å². The molecule has 0 aromatic heterocycles. The zero-order valence-electron chi connectivity index (χ0n) is 18.7. The van der Waals surface area contributed by atoms with E-state index < -0.39 is 0 Å². The van der Waals surface area contributed by atoms with Gasteiger partial charge in [0.1, 0.15) is 23.9 Å². The molecular formula is C27H27N3O3. The maximum atomic E-state index is 12.7. The Hall–Kier alpha value is -3.80. The van der Waals surface area contributed by atoms with Gasteiger partial charge >= 0.3 is 6.09 Å². The van der Waals surface area contributed by atoms with Gasteiger partial charge < -0.3 is 19.3 Å². The van der Waals surface area contributed by atoms with E-state index in [0.29, 0.717) is 19.6 Å². The molecule has 6 heteroatoms. The molecule has 168 valence electrons. The third kappa shape index (κ3) is 4.70. The molecule has 3 aromatic rings. The molecule has 0 radical (unpaired) electrons. The van der Waals surface area contributed by atoms with Gasteiger partial charge in [-0.15, -0.1) is 0 Å². The van der Waals surface area contributed by atoms with Crippen molar-refractivity contribution in [3.8, 4) is 11.5 Å². The van der Waals surface area contributed by atoms with Crippen LogP contribution in [0.5, 0.6) is 11.5 Å². The Labute approximate surface area is 194 Å². The average molecular weight is 442 g/mol. The summed E-state index contributed by atoms with van der Waals surface area (Å²) in [4.78, 5) is 21.8. The first-order valence-corrected chi connectivity index (χ1v) is 11.3. The highest BCUT2D eigenvalue weighted by atomic mass is 16.6. The number of hydrogen-bond acceptors (Lipinski definition) is 5. The summed E-state index contributed by atoms with van der Waals surface area (Å²) in [5.41, 5.74) is 3.92. The van der Waals surface area contributed by atoms with Crippen LogP contribution in [-0.2, 0) is 11.3 Å². The number of aliphatic imine (C=N–C) groups is 1. The lowest BCUT2D eigenvalue weighted by atomic mass is 10.1. The first kappa shape index (κ1) is 21.1. The molecule has 33 heavy (non-hydrogen) atoms. The lowest BCUT2D eigenvalue weighted by molar-refractivity contribution is 0.0979. The highest BCUT2D eigenvalue weighted by molar-refractivity contribution is 6.04. The van der Waals surface area contributed by atoms with E-state index in [0.717, 1.165) is 52.7 Å². The van der Waals surface area contributed by atoms with E-state index >= 15 is 0 Å². The van der Waals surface area contributed by atoms with Crippen LogP contribution < -0.4 is 4.74 Å². The standard InChI is InChI=1S/C27H27N3O3/c1-20-12-13-24-22(18-20)26(28-23-10-5-6-11-25(23)33-24)29-14-7-15-30(17-16-29)27(31)32-19-21-8-3-2-4-9-21/h2-6,8-13,18H,7,14-17,19H2,1H3. The van der Waals surface area contributed by atoms with Crippen LogP contribution in [0.25, 0.3) is 0 Å². The Kier molecular flexibility index (Phi) is 5.98. The first-order chi connectivity index (χ1) is 16.2. The minimum absolute atomic E-state index is 0.270. The van der Waals surface area contributed by atoms with E-state index in [1.54, 1.807) is 4.90 Å². The fraction of sp³-hybridized carbons (Fsp3) is 0.259. The van der Waals surface area contributed by atoms with Crippen molar-refractivity contribution in [3.05, 3.63) is 89.5 Å². The summed E-state index contributed by atoms with van der Waals surface area (Å²) in [5, 5.41) is 0. The van der Waals surface area contributed by atoms with Gasteiger partial charge in [-0.3, -0.25) is 0 Å². The topological polar surface area (TPSA) is 54.4 Å². The van der Waals surface area contributed by atoms with Crippen molar-refractivity contribution in [2.24, 2.45) is 4.99 Å². The van der Waals surface area contributed by atoms with E-state index in [-0.39, 0.29) is 12.7 Å². The lowest BCUT2D eigenvalue weighted by Crippen LogP contribution is -2.38. The zero-order chi connectivity index (χ0) is 22.6. The van der Waals surface area contributed by atoms with Gasteiger partial charge in [-0.1, -0.05) is 54.1 Å². The van der Waals surface area contributed by atoms with Gasteiger partial charge in [0.05, 0.1) is 5.56 Å². The summed E-state index contributed by atoms with van der Waals surface area (Å²) in [6.07, 6.45) is 0.566. The Morgan fingerprint density at radius 3 is 2.64 bits per heavy atom. The molecule has 0 spiro atoms. The molecule has 1 saturated heterocycles. The number of para-hydroxylation sites is 2. The molecule has 5 rings (SSSR count). The van der Waals surface area contributed by atoms with Crippen molar-refractivity contribution >= 4 is 17.6 Å². The summed E-state index contributed by atoms with van der Waals surface area (Å²) in [5.74, 6) is 2.43. The smallest absolute Gasteiger partial charge is 0.410 e. The summed E-state index contributed by atoms with van der Waals surface area (Å²) in [6, 6.07) is 23.8. The van der Waals surface area contributed by atoms with E-state index in [1.165, 1.54) is 0 Å². The van der Waals surface area contributed by atoms with Gasteiger partial charge in [0.2, 0.25) is 0 Å². The Morgan fingerprint density at radius 2 is 1.76 bits per heavy atom. The number of ether oxygens (including phenoxy) is 2. The second-order valence-electron chi connectivity index (χ2n) is 8.37. The predicted molar refractivity (Wildman–Crippen MR) is 128 cm³/mol. The van der Waals surface area contributed by atoms with E-state index in [1.807, 2.05) is 60.7 Å². The van der Waals surface area contributed by atoms with Crippen molar-refractivity contribution in [1.29, 1.82) is 0 Å². The van der Waals surface area contributed by atoms with Gasteiger partial charge in [-0.2, -0.15) is 0 Å². The van der Waals surface area contributed by atoms with E-state index in [2.05, 4.69) is 24.0 Å². The normalized spacial score (nSPS) is 15.4. The van der Waals surface area contributed by atoms with Crippen LogP contribution in [0.4, 0.5) is 10.5 Å². The molecule has 0 saturated carbocycles. The van der Waals surface area contributed by atoms with Crippen molar-refractivity contribution < 1.29 is 14.3 Å². The van der Waals surface area contributed by atoms with Gasteiger partial charge in [-0.25, -0.2) is 9.79 Å². The van der Waals surface area contributed by atoms with Crippen molar-refractivity contribution in [3.63, 3.8) is 0 Å². The highest BCUT2D eigenvalue weighted by Gasteiger charge is 2.26. The molecule has 0 atom stereocenters. The van der Waals surface area contributed by atoms with Crippen molar-refractivity contribution in [2.75, 3.05) is 26.2 Å². The van der Waals surface area contributed by atoms with Crippen LogP contribution in [0.3, 0.4) is 0 Å². The molecule has 3 aromatic carbocycles. The monoisotopic (exact) mass is 441 g/mol. The number of fused-ring (bicyclic) bond motifs is 2. The highest BCUT2D eigenvalue weighted by Crippen LogP contribution is 2.38. The number of amides is 1. The van der Waals surface area contributed by atoms with Crippen LogP contribution in [0.15, 0.2) is 77.8 Å². The number of nitrogens with zero attached hydrogens (tertiary/aromatic N) is 3. The Morgan fingerprint density at radius 1 is 0.939 bits per heavy atom.